The predicted molar refractivity (Wildman–Crippen MR) is 166 cm³/mol. The normalized spacial score (nSPS) is 15.3. The van der Waals surface area contributed by atoms with Crippen LogP contribution < -0.4 is 4.90 Å². The van der Waals surface area contributed by atoms with E-state index in [0.717, 1.165) is 11.4 Å². The Kier molecular flexibility index (Phi) is 5.09. The molecule has 0 saturated heterocycles. The lowest BCUT2D eigenvalue weighted by atomic mass is 9.55. The summed E-state index contributed by atoms with van der Waals surface area (Å²) >= 11 is 1.90. The van der Waals surface area contributed by atoms with Gasteiger partial charge < -0.3 is 4.90 Å². The molecule has 0 aliphatic heterocycles. The average molecular weight is 510 g/mol. The van der Waals surface area contributed by atoms with Crippen LogP contribution in [0.1, 0.15) is 38.8 Å². The highest BCUT2D eigenvalue weighted by Crippen LogP contribution is 2.56. The lowest BCUT2D eigenvalue weighted by molar-refractivity contribution is 0.299. The molecule has 0 amide bonds. The van der Waals surface area contributed by atoms with Crippen LogP contribution in [0.15, 0.2) is 115 Å². The molecule has 0 spiro atoms. The highest BCUT2D eigenvalue weighted by atomic mass is 32.1. The molecule has 1 heterocycles. The quantitative estimate of drug-likeness (QED) is 0.229. The van der Waals surface area contributed by atoms with E-state index in [-0.39, 0.29) is 10.8 Å². The first-order valence-electron chi connectivity index (χ1n) is 13.4. The van der Waals surface area contributed by atoms with Crippen molar-refractivity contribution in [2.24, 2.45) is 0 Å². The van der Waals surface area contributed by atoms with Crippen LogP contribution in [-0.2, 0) is 10.8 Å². The summed E-state index contributed by atoms with van der Waals surface area (Å²) in [6.07, 6.45) is 0. The topological polar surface area (TPSA) is 3.24 Å². The summed E-state index contributed by atoms with van der Waals surface area (Å²) in [6.45, 7) is 9.67. The van der Waals surface area contributed by atoms with Crippen molar-refractivity contribution >= 4 is 48.6 Å². The van der Waals surface area contributed by atoms with Crippen molar-refractivity contribution in [3.63, 3.8) is 0 Å². The van der Waals surface area contributed by atoms with Gasteiger partial charge in [-0.2, -0.15) is 0 Å². The molecule has 186 valence electrons. The third kappa shape index (κ3) is 3.30. The van der Waals surface area contributed by atoms with Crippen LogP contribution in [0.3, 0.4) is 0 Å². The first kappa shape index (κ1) is 23.3. The number of para-hydroxylation sites is 2. The Morgan fingerprint density at radius 2 is 1.05 bits per heavy atom. The maximum absolute atomic E-state index is 2.49. The Labute approximate surface area is 229 Å². The van der Waals surface area contributed by atoms with E-state index < -0.39 is 0 Å². The van der Waals surface area contributed by atoms with E-state index in [1.807, 2.05) is 11.3 Å². The zero-order valence-corrected chi connectivity index (χ0v) is 23.1. The lowest BCUT2D eigenvalue weighted by Crippen LogP contribution is -2.43. The summed E-state index contributed by atoms with van der Waals surface area (Å²) in [5.74, 6) is 0. The molecule has 0 radical (unpaired) electrons. The third-order valence-corrected chi connectivity index (χ3v) is 10.1. The molecule has 0 fully saturated rings. The Morgan fingerprint density at radius 1 is 0.474 bits per heavy atom. The number of hydrogen-bond donors (Lipinski definition) is 0. The zero-order chi connectivity index (χ0) is 26.1. The van der Waals surface area contributed by atoms with Gasteiger partial charge in [-0.3, -0.25) is 0 Å². The Morgan fingerprint density at radius 3 is 1.74 bits per heavy atom. The van der Waals surface area contributed by atoms with Crippen LogP contribution in [0.2, 0.25) is 0 Å². The average Bonchev–Trinajstić information content (AvgIpc) is 3.30. The Hall–Kier alpha value is -3.88. The van der Waals surface area contributed by atoms with Gasteiger partial charge in [-0.15, -0.1) is 11.3 Å². The van der Waals surface area contributed by atoms with Crippen LogP contribution in [0.5, 0.6) is 0 Å². The fraction of sp³-hybridized carbons (Fsp3) is 0.167. The maximum atomic E-state index is 2.49. The fourth-order valence-corrected chi connectivity index (χ4v) is 7.35. The molecular weight excluding hydrogens is 478 g/mol. The number of hydrogen-bond acceptors (Lipinski definition) is 2. The lowest BCUT2D eigenvalue weighted by Gasteiger charge is -2.48. The van der Waals surface area contributed by atoms with Crippen molar-refractivity contribution < 1.29 is 0 Å². The van der Waals surface area contributed by atoms with E-state index in [4.69, 9.17) is 0 Å². The highest BCUT2D eigenvalue weighted by molar-refractivity contribution is 7.25. The molecule has 1 nitrogen and oxygen atoms in total. The Bertz CT molecular complexity index is 1770. The van der Waals surface area contributed by atoms with E-state index >= 15 is 0 Å². The molecule has 38 heavy (non-hydrogen) atoms. The summed E-state index contributed by atoms with van der Waals surface area (Å²) in [4.78, 5) is 2.37. The molecule has 1 aromatic heterocycles. The number of nitrogens with zero attached hydrogens (tertiary/aromatic N) is 1. The molecule has 1 aliphatic rings. The number of fused-ring (bicyclic) bond motifs is 6. The molecule has 6 aromatic rings. The maximum Gasteiger partial charge on any atom is 0.0467 e. The minimum absolute atomic E-state index is 0.0212. The second-order valence-electron chi connectivity index (χ2n) is 11.5. The minimum atomic E-state index is -0.0301. The van der Waals surface area contributed by atoms with Gasteiger partial charge in [-0.1, -0.05) is 88.4 Å². The van der Waals surface area contributed by atoms with Crippen LogP contribution in [-0.4, -0.2) is 0 Å². The monoisotopic (exact) mass is 509 g/mol. The zero-order valence-electron chi connectivity index (χ0n) is 22.3. The molecule has 0 unspecified atom stereocenters. The number of rotatable bonds is 3. The second kappa shape index (κ2) is 8.31. The molecule has 0 saturated carbocycles. The fourth-order valence-electron chi connectivity index (χ4n) is 6.23. The van der Waals surface area contributed by atoms with Crippen LogP contribution in [0.4, 0.5) is 17.1 Å². The van der Waals surface area contributed by atoms with Crippen molar-refractivity contribution in [3.05, 3.63) is 126 Å². The highest BCUT2D eigenvalue weighted by Gasteiger charge is 2.46. The second-order valence-corrected chi connectivity index (χ2v) is 12.6. The SMILES string of the molecule is CC1(C)c2ccc(N(c3ccccc3)c3ccccc3)cc2-c2cc3sc4ccccc4c3cc2C1(C)C. The van der Waals surface area contributed by atoms with E-state index in [1.165, 1.54) is 48.1 Å². The first-order chi connectivity index (χ1) is 18.4. The summed E-state index contributed by atoms with van der Waals surface area (Å²) < 4.78 is 2.72. The molecule has 5 aromatic carbocycles. The van der Waals surface area contributed by atoms with Crippen LogP contribution in [0.25, 0.3) is 31.3 Å². The van der Waals surface area contributed by atoms with Crippen molar-refractivity contribution in [1.82, 2.24) is 0 Å². The standard InChI is InChI=1S/C36H31NS/c1-35(2)31-20-19-26(37(24-13-7-5-8-14-24)25-15-9-6-10-16-25)21-28(31)29-23-34-30(22-32(29)36(35,3)4)27-17-11-12-18-33(27)38-34/h5-23H,1-4H3. The molecule has 0 N–H and O–H groups in total. The summed E-state index contributed by atoms with van der Waals surface area (Å²) in [7, 11) is 0. The van der Waals surface area contributed by atoms with Gasteiger partial charge in [-0.25, -0.2) is 0 Å². The minimum Gasteiger partial charge on any atom is -0.310 e. The molecule has 0 bridgehead atoms. The van der Waals surface area contributed by atoms with Gasteiger partial charge in [0.2, 0.25) is 0 Å². The van der Waals surface area contributed by atoms with Crippen molar-refractivity contribution in [2.45, 2.75) is 38.5 Å². The molecule has 0 atom stereocenters. The number of benzene rings is 5. The van der Waals surface area contributed by atoms with Crippen LogP contribution in [0, 0.1) is 0 Å². The van der Waals surface area contributed by atoms with E-state index in [2.05, 4.69) is 148 Å². The van der Waals surface area contributed by atoms with E-state index in [9.17, 15) is 0 Å². The predicted octanol–water partition coefficient (Wildman–Crippen LogP) is 10.8. The van der Waals surface area contributed by atoms with Gasteiger partial charge in [0.15, 0.2) is 0 Å². The molecule has 2 heteroatoms. The van der Waals surface area contributed by atoms with Gasteiger partial charge in [0.1, 0.15) is 0 Å². The van der Waals surface area contributed by atoms with Gasteiger partial charge in [0.05, 0.1) is 0 Å². The first-order valence-corrected chi connectivity index (χ1v) is 14.2. The summed E-state index contributed by atoms with van der Waals surface area (Å²) in [5.41, 5.74) is 9.02. The van der Waals surface area contributed by atoms with Crippen molar-refractivity contribution in [2.75, 3.05) is 4.90 Å². The number of anilines is 3. The van der Waals surface area contributed by atoms with Gasteiger partial charge >= 0.3 is 0 Å². The largest absolute Gasteiger partial charge is 0.310 e. The van der Waals surface area contributed by atoms with Crippen molar-refractivity contribution in [1.29, 1.82) is 0 Å². The summed E-state index contributed by atoms with van der Waals surface area (Å²) in [5, 5.41) is 2.74. The van der Waals surface area contributed by atoms with Crippen LogP contribution >= 0.6 is 11.3 Å². The van der Waals surface area contributed by atoms with E-state index in [1.54, 1.807) is 0 Å². The number of thiophene rings is 1. The van der Waals surface area contributed by atoms with E-state index in [0.29, 0.717) is 0 Å². The third-order valence-electron chi connectivity index (χ3n) is 9.01. The molecule has 1 aliphatic carbocycles. The smallest absolute Gasteiger partial charge is 0.0467 e. The van der Waals surface area contributed by atoms with Crippen molar-refractivity contribution in [3.8, 4) is 11.1 Å². The molecule has 7 rings (SSSR count). The van der Waals surface area contributed by atoms with Gasteiger partial charge in [0, 0.05) is 37.2 Å². The Balaban J connectivity index is 1.51. The van der Waals surface area contributed by atoms with Gasteiger partial charge in [-0.05, 0) is 87.7 Å². The molecular formula is C36H31NS. The van der Waals surface area contributed by atoms with Gasteiger partial charge in [0.25, 0.3) is 0 Å². The summed E-state index contributed by atoms with van der Waals surface area (Å²) in [6, 6.07) is 42.3.